The van der Waals surface area contributed by atoms with Gasteiger partial charge in [-0.3, -0.25) is 0 Å². The molecule has 1 spiro atoms. The molecule has 1 fully saturated rings. The molecule has 0 bridgehead atoms. The first-order valence-corrected chi connectivity index (χ1v) is 3.21. The van der Waals surface area contributed by atoms with Gasteiger partial charge in [-0.1, -0.05) is 0 Å². The molecule has 2 N–H and O–H groups in total. The summed E-state index contributed by atoms with van der Waals surface area (Å²) in [5.41, 5.74) is -0.175. The van der Waals surface area contributed by atoms with E-state index in [2.05, 4.69) is 4.99 Å². The molecule has 2 atom stereocenters. The summed E-state index contributed by atoms with van der Waals surface area (Å²) in [6.07, 6.45) is 2.50. The van der Waals surface area contributed by atoms with Gasteiger partial charge in [0.25, 0.3) is 0 Å². The SMILES string of the molecule is OC1C[NH+]=CCC12CO2. The summed E-state index contributed by atoms with van der Waals surface area (Å²) in [5.74, 6) is 0. The highest BCUT2D eigenvalue weighted by Crippen LogP contribution is 2.33. The van der Waals surface area contributed by atoms with Crippen molar-refractivity contribution in [2.45, 2.75) is 18.1 Å². The van der Waals surface area contributed by atoms with Crippen molar-refractivity contribution in [3.05, 3.63) is 0 Å². The topological polar surface area (TPSA) is 46.7 Å². The molecule has 0 saturated carbocycles. The Morgan fingerprint density at radius 1 is 1.78 bits per heavy atom. The predicted molar refractivity (Wildman–Crippen MR) is 31.2 cm³/mol. The molecule has 50 valence electrons. The van der Waals surface area contributed by atoms with Crippen molar-refractivity contribution in [3.63, 3.8) is 0 Å². The fourth-order valence-corrected chi connectivity index (χ4v) is 1.16. The lowest BCUT2D eigenvalue weighted by atomic mass is 9.98. The number of epoxide rings is 1. The highest BCUT2D eigenvalue weighted by Gasteiger charge is 2.53. The highest BCUT2D eigenvalue weighted by atomic mass is 16.6. The van der Waals surface area contributed by atoms with Gasteiger partial charge in [0.05, 0.1) is 13.0 Å². The molecule has 0 aromatic rings. The summed E-state index contributed by atoms with van der Waals surface area (Å²) >= 11 is 0. The Bertz CT molecular complexity index is 151. The van der Waals surface area contributed by atoms with Crippen molar-refractivity contribution in [1.29, 1.82) is 0 Å². The normalized spacial score (nSPS) is 47.9. The molecule has 2 unspecified atom stereocenters. The van der Waals surface area contributed by atoms with Gasteiger partial charge in [0, 0.05) is 0 Å². The van der Waals surface area contributed by atoms with Crippen LogP contribution in [0.3, 0.4) is 0 Å². The minimum atomic E-state index is -0.303. The zero-order valence-corrected chi connectivity index (χ0v) is 5.13. The lowest BCUT2D eigenvalue weighted by Gasteiger charge is -2.14. The molecule has 0 amide bonds. The van der Waals surface area contributed by atoms with Gasteiger partial charge in [-0.25, -0.2) is 4.99 Å². The third-order valence-electron chi connectivity index (χ3n) is 2.03. The van der Waals surface area contributed by atoms with Crippen LogP contribution >= 0.6 is 0 Å². The Labute approximate surface area is 53.4 Å². The van der Waals surface area contributed by atoms with Crippen LogP contribution in [0.4, 0.5) is 0 Å². The van der Waals surface area contributed by atoms with Gasteiger partial charge in [-0.2, -0.15) is 0 Å². The Kier molecular flexibility index (Phi) is 0.926. The number of aliphatic hydroxyl groups excluding tert-OH is 1. The number of aliphatic hydroxyl groups is 1. The summed E-state index contributed by atoms with van der Waals surface area (Å²) in [4.78, 5) is 2.98. The van der Waals surface area contributed by atoms with Gasteiger partial charge in [0.2, 0.25) is 0 Å². The summed E-state index contributed by atoms with van der Waals surface area (Å²) in [6.45, 7) is 1.37. The van der Waals surface area contributed by atoms with Crippen molar-refractivity contribution in [3.8, 4) is 0 Å². The monoisotopic (exact) mass is 128 g/mol. The predicted octanol–water partition coefficient (Wildman–Crippen LogP) is -2.33. The molecule has 0 aliphatic carbocycles. The lowest BCUT2D eigenvalue weighted by Crippen LogP contribution is -2.77. The van der Waals surface area contributed by atoms with E-state index in [-0.39, 0.29) is 11.7 Å². The van der Waals surface area contributed by atoms with Crippen LogP contribution in [0.25, 0.3) is 0 Å². The molecule has 0 radical (unpaired) electrons. The Morgan fingerprint density at radius 3 is 3.00 bits per heavy atom. The second-order valence-corrected chi connectivity index (χ2v) is 2.69. The van der Waals surface area contributed by atoms with Crippen LogP contribution in [0.5, 0.6) is 0 Å². The quantitative estimate of drug-likeness (QED) is 0.359. The zero-order valence-electron chi connectivity index (χ0n) is 5.13. The van der Waals surface area contributed by atoms with E-state index < -0.39 is 0 Å². The van der Waals surface area contributed by atoms with E-state index in [4.69, 9.17) is 4.74 Å². The molecule has 2 aliphatic heterocycles. The van der Waals surface area contributed by atoms with E-state index >= 15 is 0 Å². The van der Waals surface area contributed by atoms with E-state index in [9.17, 15) is 5.11 Å². The van der Waals surface area contributed by atoms with Gasteiger partial charge in [0.1, 0.15) is 17.9 Å². The van der Waals surface area contributed by atoms with E-state index in [0.717, 1.165) is 13.0 Å². The number of hydrogen-bond donors (Lipinski definition) is 2. The van der Waals surface area contributed by atoms with Crippen molar-refractivity contribution < 1.29 is 14.8 Å². The summed E-state index contributed by atoms with van der Waals surface area (Å²) in [7, 11) is 0. The first-order chi connectivity index (χ1) is 4.33. The van der Waals surface area contributed by atoms with Crippen molar-refractivity contribution in [2.75, 3.05) is 13.2 Å². The minimum Gasteiger partial charge on any atom is -0.383 e. The highest BCUT2D eigenvalue weighted by molar-refractivity contribution is 5.54. The van der Waals surface area contributed by atoms with Crippen LogP contribution in [-0.2, 0) is 4.74 Å². The molecular formula is C6H10NO2+. The van der Waals surface area contributed by atoms with Crippen LogP contribution < -0.4 is 4.99 Å². The molecule has 0 aromatic carbocycles. The van der Waals surface area contributed by atoms with Crippen molar-refractivity contribution in [1.82, 2.24) is 0 Å². The number of β-amino-alcohol motifs (C(OH)–C–C–N with tert-alkyl or cyclic N) is 1. The number of rotatable bonds is 0. The molecule has 9 heavy (non-hydrogen) atoms. The molecule has 3 heteroatoms. The summed E-state index contributed by atoms with van der Waals surface area (Å²) in [5, 5.41) is 9.29. The van der Waals surface area contributed by atoms with Crippen LogP contribution in [-0.4, -0.2) is 36.2 Å². The molecule has 0 aromatic heterocycles. The summed E-state index contributed by atoms with van der Waals surface area (Å²) in [6, 6.07) is 0. The Hall–Kier alpha value is -0.410. The van der Waals surface area contributed by atoms with Crippen LogP contribution in [0.1, 0.15) is 6.42 Å². The first-order valence-electron chi connectivity index (χ1n) is 3.21. The molecule has 2 rings (SSSR count). The third kappa shape index (κ3) is 0.686. The minimum absolute atomic E-state index is 0.175. The molecule has 2 aliphatic rings. The Morgan fingerprint density at radius 2 is 2.56 bits per heavy atom. The molecular weight excluding hydrogens is 118 g/mol. The maximum Gasteiger partial charge on any atom is 0.169 e. The number of hydrogen-bond acceptors (Lipinski definition) is 2. The number of nitrogens with one attached hydrogen (secondary N) is 1. The van der Waals surface area contributed by atoms with Gasteiger partial charge in [-0.05, 0) is 0 Å². The first kappa shape index (κ1) is 5.38. The maximum atomic E-state index is 9.29. The number of ether oxygens (including phenoxy) is 1. The average Bonchev–Trinajstić information content (AvgIpc) is 2.60. The standard InChI is InChI=1S/C6H9NO2/c8-5-3-7-2-1-6(5)4-9-6/h2,5,8H,1,3-4H2/p+1. The fourth-order valence-electron chi connectivity index (χ4n) is 1.16. The van der Waals surface area contributed by atoms with Crippen molar-refractivity contribution >= 4 is 6.21 Å². The second-order valence-electron chi connectivity index (χ2n) is 2.69. The molecule has 3 nitrogen and oxygen atoms in total. The zero-order chi connectivity index (χ0) is 6.32. The summed E-state index contributed by atoms with van der Waals surface area (Å²) < 4.78 is 5.13. The maximum absolute atomic E-state index is 9.29. The van der Waals surface area contributed by atoms with Crippen molar-refractivity contribution in [2.24, 2.45) is 0 Å². The van der Waals surface area contributed by atoms with Crippen LogP contribution in [0.15, 0.2) is 0 Å². The largest absolute Gasteiger partial charge is 0.383 e. The van der Waals surface area contributed by atoms with Crippen LogP contribution in [0, 0.1) is 0 Å². The fraction of sp³-hybridized carbons (Fsp3) is 0.833. The van der Waals surface area contributed by atoms with Gasteiger partial charge < -0.3 is 9.84 Å². The van der Waals surface area contributed by atoms with Gasteiger partial charge >= 0.3 is 0 Å². The second kappa shape index (κ2) is 1.55. The lowest BCUT2D eigenvalue weighted by molar-refractivity contribution is -0.474. The third-order valence-corrected chi connectivity index (χ3v) is 2.03. The van der Waals surface area contributed by atoms with E-state index in [1.807, 2.05) is 6.21 Å². The molecule has 2 heterocycles. The van der Waals surface area contributed by atoms with E-state index in [1.54, 1.807) is 0 Å². The molecule has 1 saturated heterocycles. The smallest absolute Gasteiger partial charge is 0.169 e. The van der Waals surface area contributed by atoms with E-state index in [0.29, 0.717) is 6.54 Å². The van der Waals surface area contributed by atoms with Gasteiger partial charge in [0.15, 0.2) is 6.54 Å². The van der Waals surface area contributed by atoms with Crippen LogP contribution in [0.2, 0.25) is 0 Å². The Balaban J connectivity index is 2.15. The average molecular weight is 128 g/mol. The van der Waals surface area contributed by atoms with Gasteiger partial charge in [-0.15, -0.1) is 0 Å². The van der Waals surface area contributed by atoms with E-state index in [1.165, 1.54) is 0 Å².